The molecule has 1 nitrogen and oxygen atoms in total. The van der Waals surface area contributed by atoms with Gasteiger partial charge in [0.2, 0.25) is 0 Å². The maximum atomic E-state index is 6.12. The van der Waals surface area contributed by atoms with Crippen LogP contribution in [0, 0.1) is 0 Å². The molecule has 0 unspecified atom stereocenters. The van der Waals surface area contributed by atoms with E-state index in [0.29, 0.717) is 0 Å². The zero-order valence-corrected chi connectivity index (χ0v) is 11.0. The first kappa shape index (κ1) is 13.2. The molecule has 0 saturated heterocycles. The summed E-state index contributed by atoms with van der Waals surface area (Å²) in [5.41, 5.74) is -0.192. The molecule has 0 radical (unpaired) electrons. The van der Waals surface area contributed by atoms with E-state index in [0.717, 1.165) is 12.2 Å². The second kappa shape index (κ2) is 4.61. The lowest BCUT2D eigenvalue weighted by Crippen LogP contribution is -2.32. The standard InChI is InChI=1S/C7H16Cl3NS/c1-7(2,11(8)9)5-6-12(3,4)10/h5-6H2,1-4H3. The molecule has 0 saturated carbocycles. The molecule has 0 amide bonds. The average Bonchev–Trinajstić information content (AvgIpc) is 1.82. The van der Waals surface area contributed by atoms with E-state index in [1.165, 1.54) is 3.94 Å². The van der Waals surface area contributed by atoms with Gasteiger partial charge in [-0.25, -0.2) is 0 Å². The van der Waals surface area contributed by atoms with E-state index in [2.05, 4.69) is 12.5 Å². The Hall–Kier alpha value is 1.18. The first-order valence-corrected chi connectivity index (χ1v) is 7.80. The average molecular weight is 253 g/mol. The predicted octanol–water partition coefficient (Wildman–Crippen LogP) is 3.98. The normalized spacial score (nSPS) is 15.3. The Morgan fingerprint density at radius 1 is 1.25 bits per heavy atom. The summed E-state index contributed by atoms with van der Waals surface area (Å²) in [6.07, 6.45) is 5.04. The molecular formula is C7H16Cl3NS. The van der Waals surface area contributed by atoms with E-state index in [1.54, 1.807) is 0 Å². The fourth-order valence-electron chi connectivity index (χ4n) is 0.577. The molecule has 0 spiro atoms. The molecule has 0 aromatic heterocycles. The number of hydrogen-bond acceptors (Lipinski definition) is 1. The highest BCUT2D eigenvalue weighted by Crippen LogP contribution is 2.47. The molecule has 12 heavy (non-hydrogen) atoms. The lowest BCUT2D eigenvalue weighted by atomic mass is 10.0. The Morgan fingerprint density at radius 2 is 1.67 bits per heavy atom. The van der Waals surface area contributed by atoms with Gasteiger partial charge in [-0.1, -0.05) is 10.7 Å². The molecule has 0 fully saturated rings. The molecule has 0 rings (SSSR count). The van der Waals surface area contributed by atoms with Crippen molar-refractivity contribution in [3.8, 4) is 0 Å². The first-order chi connectivity index (χ1) is 5.15. The first-order valence-electron chi connectivity index (χ1n) is 3.67. The van der Waals surface area contributed by atoms with Gasteiger partial charge in [-0.2, -0.15) is 9.24 Å². The van der Waals surface area contributed by atoms with Crippen LogP contribution >= 0.6 is 43.5 Å². The minimum atomic E-state index is -0.963. The van der Waals surface area contributed by atoms with Crippen LogP contribution in [0.3, 0.4) is 0 Å². The van der Waals surface area contributed by atoms with Crippen molar-refractivity contribution in [3.63, 3.8) is 0 Å². The van der Waals surface area contributed by atoms with Crippen molar-refractivity contribution in [3.05, 3.63) is 0 Å². The highest BCUT2D eigenvalue weighted by atomic mass is 35.7. The highest BCUT2D eigenvalue weighted by Gasteiger charge is 2.25. The fraction of sp³-hybridized carbons (Fsp3) is 1.00. The lowest BCUT2D eigenvalue weighted by Gasteiger charge is -2.31. The summed E-state index contributed by atoms with van der Waals surface area (Å²) in [5.74, 6) is 0.970. The van der Waals surface area contributed by atoms with E-state index in [-0.39, 0.29) is 5.54 Å². The third-order valence-electron chi connectivity index (χ3n) is 1.66. The Kier molecular flexibility index (Phi) is 5.06. The molecule has 0 aromatic carbocycles. The molecule has 0 aromatic rings. The third-order valence-corrected chi connectivity index (χ3v) is 4.21. The Balaban J connectivity index is 3.93. The molecule has 0 atom stereocenters. The summed E-state index contributed by atoms with van der Waals surface area (Å²) < 4.78 is 1.20. The van der Waals surface area contributed by atoms with Crippen LogP contribution in [0.15, 0.2) is 0 Å². The molecule has 0 aliphatic heterocycles. The molecule has 0 bridgehead atoms. The molecule has 0 N–H and O–H groups in total. The zero-order chi connectivity index (χ0) is 9.99. The summed E-state index contributed by atoms with van der Waals surface area (Å²) in [5, 5.41) is 0. The van der Waals surface area contributed by atoms with Gasteiger partial charge < -0.3 is 0 Å². The van der Waals surface area contributed by atoms with E-state index in [9.17, 15) is 0 Å². The van der Waals surface area contributed by atoms with Crippen LogP contribution in [-0.2, 0) is 0 Å². The van der Waals surface area contributed by atoms with E-state index in [1.807, 2.05) is 13.8 Å². The second-order valence-corrected chi connectivity index (χ2v) is 10.5. The Bertz CT molecular complexity index is 142. The van der Waals surface area contributed by atoms with Gasteiger partial charge in [-0.15, -0.1) is 3.94 Å². The van der Waals surface area contributed by atoms with Crippen molar-refractivity contribution in [2.45, 2.75) is 25.8 Å². The monoisotopic (exact) mass is 251 g/mol. The number of hydrogen-bond donors (Lipinski definition) is 0. The van der Waals surface area contributed by atoms with Gasteiger partial charge in [0.15, 0.2) is 0 Å². The molecular weight excluding hydrogens is 237 g/mol. The van der Waals surface area contributed by atoms with E-state index < -0.39 is 9.24 Å². The molecule has 0 heterocycles. The van der Waals surface area contributed by atoms with Crippen molar-refractivity contribution in [1.29, 1.82) is 0 Å². The lowest BCUT2D eigenvalue weighted by molar-refractivity contribution is 0.343. The Labute approximate surface area is 91.4 Å². The van der Waals surface area contributed by atoms with E-state index in [4.69, 9.17) is 34.2 Å². The minimum absolute atomic E-state index is 0.192. The van der Waals surface area contributed by atoms with Crippen molar-refractivity contribution in [2.75, 3.05) is 18.3 Å². The largest absolute Gasteiger partial charge is 0.169 e. The highest BCUT2D eigenvalue weighted by molar-refractivity contribution is 8.50. The number of halogens is 3. The predicted molar refractivity (Wildman–Crippen MR) is 62.4 cm³/mol. The minimum Gasteiger partial charge on any atom is -0.169 e. The number of nitrogens with zero attached hydrogens (tertiary/aromatic N) is 1. The van der Waals surface area contributed by atoms with Gasteiger partial charge in [0, 0.05) is 5.54 Å². The summed E-state index contributed by atoms with van der Waals surface area (Å²) in [4.78, 5) is 0. The fourth-order valence-corrected chi connectivity index (χ4v) is 1.96. The maximum Gasteiger partial charge on any atom is 0.0477 e. The van der Waals surface area contributed by atoms with Crippen LogP contribution < -0.4 is 0 Å². The quantitative estimate of drug-likeness (QED) is 0.684. The maximum absolute atomic E-state index is 6.12. The molecule has 0 aliphatic rings. The van der Waals surface area contributed by atoms with Gasteiger partial charge in [-0.3, -0.25) is 0 Å². The smallest absolute Gasteiger partial charge is 0.0477 e. The summed E-state index contributed by atoms with van der Waals surface area (Å²) in [6.45, 7) is 3.99. The molecule has 0 aliphatic carbocycles. The van der Waals surface area contributed by atoms with E-state index >= 15 is 0 Å². The van der Waals surface area contributed by atoms with Gasteiger partial charge >= 0.3 is 0 Å². The summed E-state index contributed by atoms with van der Waals surface area (Å²) in [6, 6.07) is 0. The van der Waals surface area contributed by atoms with Crippen molar-refractivity contribution in [1.82, 2.24) is 3.94 Å². The topological polar surface area (TPSA) is 3.24 Å². The Morgan fingerprint density at radius 3 is 1.92 bits per heavy atom. The van der Waals surface area contributed by atoms with Gasteiger partial charge in [0.25, 0.3) is 0 Å². The van der Waals surface area contributed by atoms with Crippen LogP contribution in [-0.4, -0.2) is 27.7 Å². The van der Waals surface area contributed by atoms with Crippen LogP contribution in [0.4, 0.5) is 0 Å². The van der Waals surface area contributed by atoms with Crippen molar-refractivity contribution >= 4 is 43.5 Å². The second-order valence-electron chi connectivity index (χ2n) is 3.90. The van der Waals surface area contributed by atoms with Gasteiger partial charge in [0.1, 0.15) is 0 Å². The molecule has 76 valence electrons. The number of rotatable bonds is 4. The van der Waals surface area contributed by atoms with Crippen LogP contribution in [0.5, 0.6) is 0 Å². The van der Waals surface area contributed by atoms with Gasteiger partial charge in [-0.05, 0) is 62.1 Å². The third kappa shape index (κ3) is 5.76. The summed E-state index contributed by atoms with van der Waals surface area (Å²) in [7, 11) is 5.16. The van der Waals surface area contributed by atoms with Crippen LogP contribution in [0.25, 0.3) is 0 Å². The summed E-state index contributed by atoms with van der Waals surface area (Å²) >= 11 is 11.3. The zero-order valence-electron chi connectivity index (χ0n) is 7.90. The molecule has 5 heteroatoms. The SMILES string of the molecule is CC(C)(CCS(C)(C)Cl)N(Cl)Cl. The van der Waals surface area contributed by atoms with Crippen molar-refractivity contribution in [2.24, 2.45) is 0 Å². The van der Waals surface area contributed by atoms with Gasteiger partial charge in [0.05, 0.1) is 0 Å². The van der Waals surface area contributed by atoms with Crippen molar-refractivity contribution < 1.29 is 0 Å². The van der Waals surface area contributed by atoms with Crippen LogP contribution in [0.1, 0.15) is 20.3 Å². The van der Waals surface area contributed by atoms with Crippen LogP contribution in [0.2, 0.25) is 0 Å².